The maximum atomic E-state index is 14.3. The molecule has 0 radical (unpaired) electrons. The molecule has 0 spiro atoms. The molecule has 1 aromatic heterocycles. The minimum absolute atomic E-state index is 0.0277. The van der Waals surface area contributed by atoms with Gasteiger partial charge in [0, 0.05) is 64.1 Å². The fourth-order valence-corrected chi connectivity index (χ4v) is 4.65. The zero-order valence-electron chi connectivity index (χ0n) is 20.3. The normalized spacial score (nSPS) is 17.1. The second-order valence-corrected chi connectivity index (χ2v) is 9.32. The molecule has 35 heavy (non-hydrogen) atoms. The van der Waals surface area contributed by atoms with E-state index in [2.05, 4.69) is 26.7 Å². The van der Waals surface area contributed by atoms with E-state index in [1.54, 1.807) is 12.3 Å². The van der Waals surface area contributed by atoms with Crippen LogP contribution in [0.2, 0.25) is 0 Å². The van der Waals surface area contributed by atoms with Crippen LogP contribution in [0.25, 0.3) is 11.4 Å². The molecule has 2 aliphatic rings. The van der Waals surface area contributed by atoms with Crippen molar-refractivity contribution in [3.63, 3.8) is 0 Å². The third kappa shape index (κ3) is 4.98. The van der Waals surface area contributed by atoms with Gasteiger partial charge in [-0.2, -0.15) is 0 Å². The van der Waals surface area contributed by atoms with Crippen LogP contribution >= 0.6 is 0 Å². The van der Waals surface area contributed by atoms with Gasteiger partial charge in [0.2, 0.25) is 0 Å². The van der Waals surface area contributed by atoms with Crippen LogP contribution in [-0.4, -0.2) is 85.1 Å². The Balaban J connectivity index is 1.43. The number of aromatic nitrogens is 2. The maximum absolute atomic E-state index is 14.3. The Morgan fingerprint density at radius 1 is 0.857 bits per heavy atom. The summed E-state index contributed by atoms with van der Waals surface area (Å²) in [7, 11) is 2.07. The molecule has 5 rings (SSSR count). The van der Waals surface area contributed by atoms with E-state index < -0.39 is 0 Å². The zero-order chi connectivity index (χ0) is 24.4. The van der Waals surface area contributed by atoms with Crippen molar-refractivity contribution >= 4 is 17.4 Å². The van der Waals surface area contributed by atoms with Gasteiger partial charge in [0.15, 0.2) is 5.82 Å². The van der Waals surface area contributed by atoms with Gasteiger partial charge in [0.1, 0.15) is 17.2 Å². The lowest BCUT2D eigenvalue weighted by molar-refractivity contribution is 0.0664. The van der Waals surface area contributed by atoms with Gasteiger partial charge in [-0.05, 0) is 26.1 Å². The lowest BCUT2D eigenvalue weighted by Gasteiger charge is -2.38. The fourth-order valence-electron chi connectivity index (χ4n) is 4.65. The number of hydrogen-bond acceptors (Lipinski definition) is 6. The van der Waals surface area contributed by atoms with Crippen LogP contribution < -0.4 is 9.80 Å². The second-order valence-electron chi connectivity index (χ2n) is 9.32. The van der Waals surface area contributed by atoms with E-state index in [1.807, 2.05) is 48.2 Å². The zero-order valence-corrected chi connectivity index (χ0v) is 20.3. The quantitative estimate of drug-likeness (QED) is 0.579. The van der Waals surface area contributed by atoms with Gasteiger partial charge >= 0.3 is 0 Å². The predicted octanol–water partition coefficient (Wildman–Crippen LogP) is 3.31. The number of anilines is 2. The van der Waals surface area contributed by atoms with Crippen molar-refractivity contribution in [3.05, 3.63) is 71.7 Å². The minimum atomic E-state index is -0.212. The van der Waals surface area contributed by atoms with E-state index >= 15 is 0 Å². The van der Waals surface area contributed by atoms with E-state index in [0.717, 1.165) is 18.7 Å². The highest BCUT2D eigenvalue weighted by atomic mass is 19.1. The highest BCUT2D eigenvalue weighted by Crippen LogP contribution is 2.27. The van der Waals surface area contributed by atoms with Crippen LogP contribution in [0, 0.1) is 12.7 Å². The third-order valence-corrected chi connectivity index (χ3v) is 6.87. The van der Waals surface area contributed by atoms with Gasteiger partial charge in [-0.1, -0.05) is 42.0 Å². The van der Waals surface area contributed by atoms with Crippen molar-refractivity contribution in [2.45, 2.75) is 6.92 Å². The number of carbonyl (C=O) groups excluding carboxylic acids is 1. The van der Waals surface area contributed by atoms with Gasteiger partial charge < -0.3 is 19.6 Å². The average molecular weight is 475 g/mol. The number of likely N-dealkylation sites (N-methyl/N-ethyl adjacent to an activating group) is 1. The predicted molar refractivity (Wildman–Crippen MR) is 136 cm³/mol. The van der Waals surface area contributed by atoms with Crippen molar-refractivity contribution < 1.29 is 9.18 Å². The summed E-state index contributed by atoms with van der Waals surface area (Å²) in [5.41, 5.74) is 3.23. The number of carbonyl (C=O) groups is 1. The van der Waals surface area contributed by atoms with E-state index in [0.29, 0.717) is 62.2 Å². The number of nitrogens with zero attached hydrogens (tertiary/aromatic N) is 6. The molecule has 2 aromatic carbocycles. The summed E-state index contributed by atoms with van der Waals surface area (Å²) in [6.45, 7) is 7.70. The monoisotopic (exact) mass is 474 g/mol. The largest absolute Gasteiger partial charge is 0.366 e. The molecule has 1 amide bonds. The summed E-state index contributed by atoms with van der Waals surface area (Å²) in [6, 6.07) is 15.0. The molecule has 0 saturated carbocycles. The van der Waals surface area contributed by atoms with Crippen LogP contribution in [0.15, 0.2) is 54.7 Å². The molecule has 7 nitrogen and oxygen atoms in total. The van der Waals surface area contributed by atoms with Gasteiger partial charge in [-0.3, -0.25) is 4.79 Å². The first-order chi connectivity index (χ1) is 17.0. The molecule has 0 unspecified atom stereocenters. The third-order valence-electron chi connectivity index (χ3n) is 6.87. The molecule has 182 valence electrons. The Labute approximate surface area is 205 Å². The molecule has 3 heterocycles. The lowest BCUT2D eigenvalue weighted by atomic mass is 10.1. The van der Waals surface area contributed by atoms with Crippen LogP contribution in [0.4, 0.5) is 15.9 Å². The molecule has 0 N–H and O–H groups in total. The molecule has 2 fully saturated rings. The van der Waals surface area contributed by atoms with E-state index in [9.17, 15) is 9.18 Å². The van der Waals surface area contributed by atoms with Crippen molar-refractivity contribution in [1.29, 1.82) is 0 Å². The number of hydrogen-bond donors (Lipinski definition) is 0. The van der Waals surface area contributed by atoms with Crippen molar-refractivity contribution in [3.8, 4) is 11.4 Å². The summed E-state index contributed by atoms with van der Waals surface area (Å²) in [5, 5.41) is 0. The smallest absolute Gasteiger partial charge is 0.259 e. The summed E-state index contributed by atoms with van der Waals surface area (Å²) in [6.07, 6.45) is 1.68. The number of piperazine rings is 2. The van der Waals surface area contributed by atoms with Crippen LogP contribution in [0.1, 0.15) is 15.9 Å². The van der Waals surface area contributed by atoms with Gasteiger partial charge in [-0.15, -0.1) is 0 Å². The molecule has 0 aliphatic carbocycles. The Bertz CT molecular complexity index is 1180. The Morgan fingerprint density at radius 2 is 1.51 bits per heavy atom. The Kier molecular flexibility index (Phi) is 6.63. The Hall–Kier alpha value is -3.52. The molecule has 8 heteroatoms. The summed E-state index contributed by atoms with van der Waals surface area (Å²) >= 11 is 0. The molecular weight excluding hydrogens is 443 g/mol. The Morgan fingerprint density at radius 3 is 2.20 bits per heavy atom. The first-order valence-corrected chi connectivity index (χ1v) is 12.2. The lowest BCUT2D eigenvalue weighted by Crippen LogP contribution is -2.49. The van der Waals surface area contributed by atoms with E-state index in [4.69, 9.17) is 4.98 Å². The van der Waals surface area contributed by atoms with Crippen molar-refractivity contribution in [2.24, 2.45) is 0 Å². The first kappa shape index (κ1) is 23.2. The van der Waals surface area contributed by atoms with Gasteiger partial charge in [0.05, 0.1) is 5.69 Å². The molecule has 0 atom stereocenters. The summed E-state index contributed by atoms with van der Waals surface area (Å²) in [4.78, 5) is 31.3. The fraction of sp³-hybridized carbons (Fsp3) is 0.370. The van der Waals surface area contributed by atoms with Gasteiger partial charge in [-0.25, -0.2) is 14.4 Å². The second kappa shape index (κ2) is 10.00. The molecular formula is C27H31FN6O. The average Bonchev–Trinajstić information content (AvgIpc) is 2.89. The number of benzene rings is 2. The number of halogens is 1. The standard InChI is InChI=1S/C27H31FN6O/c1-20-7-9-21(10-8-20)25-29-19-22(27(35)34-13-11-31(2)12-14-34)26(30-25)33-17-15-32(16-18-33)24-6-4-3-5-23(24)28/h3-10,19H,11-18H2,1-2H3. The SMILES string of the molecule is Cc1ccc(-c2ncc(C(=O)N3CCN(C)CC3)c(N3CCN(c4ccccc4F)CC3)n2)cc1. The molecule has 3 aromatic rings. The van der Waals surface area contributed by atoms with Crippen LogP contribution in [0.5, 0.6) is 0 Å². The number of aryl methyl sites for hydroxylation is 1. The van der Waals surface area contributed by atoms with Crippen molar-refractivity contribution in [1.82, 2.24) is 19.8 Å². The van der Waals surface area contributed by atoms with Crippen molar-refractivity contribution in [2.75, 3.05) is 69.2 Å². The topological polar surface area (TPSA) is 55.8 Å². The van der Waals surface area contributed by atoms with E-state index in [-0.39, 0.29) is 11.7 Å². The summed E-state index contributed by atoms with van der Waals surface area (Å²) < 4.78 is 14.3. The molecule has 0 bridgehead atoms. The molecule has 2 aliphatic heterocycles. The first-order valence-electron chi connectivity index (χ1n) is 12.2. The van der Waals surface area contributed by atoms with Gasteiger partial charge in [0.25, 0.3) is 5.91 Å². The maximum Gasteiger partial charge on any atom is 0.259 e. The highest BCUT2D eigenvalue weighted by Gasteiger charge is 2.28. The van der Waals surface area contributed by atoms with Crippen LogP contribution in [0.3, 0.4) is 0 Å². The summed E-state index contributed by atoms with van der Waals surface area (Å²) in [5.74, 6) is 1.02. The number of rotatable bonds is 4. The number of para-hydroxylation sites is 1. The van der Waals surface area contributed by atoms with E-state index in [1.165, 1.54) is 11.6 Å². The molecule has 2 saturated heterocycles. The minimum Gasteiger partial charge on any atom is -0.366 e. The van der Waals surface area contributed by atoms with Crippen LogP contribution in [-0.2, 0) is 0 Å². The highest BCUT2D eigenvalue weighted by molar-refractivity contribution is 5.99. The number of amides is 1.